The second-order valence-corrected chi connectivity index (χ2v) is 5.59. The topological polar surface area (TPSA) is 90.8 Å². The molecule has 0 unspecified atom stereocenters. The molecule has 0 saturated carbocycles. The van der Waals surface area contributed by atoms with Gasteiger partial charge in [-0.3, -0.25) is 4.79 Å². The number of hydrogen-bond donors (Lipinski definition) is 2. The van der Waals surface area contributed by atoms with E-state index < -0.39 is 6.36 Å². The minimum Gasteiger partial charge on any atom is -0.466 e. The highest BCUT2D eigenvalue weighted by atomic mass is 19.4. The van der Waals surface area contributed by atoms with Crippen molar-refractivity contribution in [2.75, 3.05) is 23.9 Å². The Labute approximate surface area is 154 Å². The van der Waals surface area contributed by atoms with E-state index in [9.17, 15) is 18.0 Å². The summed E-state index contributed by atoms with van der Waals surface area (Å²) in [6.45, 7) is 2.20. The number of esters is 1. The van der Waals surface area contributed by atoms with Gasteiger partial charge >= 0.3 is 12.3 Å². The molecule has 6 nitrogen and oxygen atoms in total. The molecule has 0 aromatic heterocycles. The molecule has 0 atom stereocenters. The maximum absolute atomic E-state index is 12.2. The number of ether oxygens (including phenoxy) is 2. The van der Waals surface area contributed by atoms with Gasteiger partial charge in [0, 0.05) is 6.54 Å². The van der Waals surface area contributed by atoms with E-state index in [1.807, 2.05) is 0 Å². The summed E-state index contributed by atoms with van der Waals surface area (Å²) in [6.07, 6.45) is -4.65. The third kappa shape index (κ3) is 6.07. The first-order valence-corrected chi connectivity index (χ1v) is 8.13. The number of carbonyl (C=O) groups excluding carboxylic acids is 1. The average Bonchev–Trinajstić information content (AvgIpc) is 2.60. The summed E-state index contributed by atoms with van der Waals surface area (Å²) < 4.78 is 45.4. The second kappa shape index (κ2) is 8.63. The zero-order valence-corrected chi connectivity index (χ0v) is 14.6. The molecule has 2 aromatic rings. The molecule has 0 aliphatic heterocycles. The molecule has 0 radical (unpaired) electrons. The molecule has 0 heterocycles. The summed E-state index contributed by atoms with van der Waals surface area (Å²) in [5, 5.41) is 1.33. The Morgan fingerprint density at radius 2 is 1.74 bits per heavy atom. The maximum atomic E-state index is 12.2. The molecular formula is C18H20F3N3O3. The summed E-state index contributed by atoms with van der Waals surface area (Å²) in [5.74, 6) is 5.30. The van der Waals surface area contributed by atoms with Gasteiger partial charge < -0.3 is 20.2 Å². The summed E-state index contributed by atoms with van der Waals surface area (Å²) in [4.78, 5) is 11.5. The highest BCUT2D eigenvalue weighted by molar-refractivity contribution is 5.77. The van der Waals surface area contributed by atoms with Crippen molar-refractivity contribution >= 4 is 17.3 Å². The van der Waals surface area contributed by atoms with Gasteiger partial charge in [0.25, 0.3) is 0 Å². The van der Waals surface area contributed by atoms with Gasteiger partial charge in [0.05, 0.1) is 24.4 Å². The van der Waals surface area contributed by atoms with Crippen molar-refractivity contribution < 1.29 is 27.4 Å². The Bertz CT molecular complexity index is 780. The van der Waals surface area contributed by atoms with Crippen LogP contribution in [0.15, 0.2) is 42.5 Å². The van der Waals surface area contributed by atoms with Crippen LogP contribution < -0.4 is 21.3 Å². The van der Waals surface area contributed by atoms with E-state index in [0.717, 1.165) is 0 Å². The molecule has 146 valence electrons. The number of nitrogens with zero attached hydrogens (tertiary/aromatic N) is 1. The third-order valence-electron chi connectivity index (χ3n) is 3.62. The van der Waals surface area contributed by atoms with Crippen LogP contribution >= 0.6 is 0 Å². The molecule has 2 rings (SSSR count). The van der Waals surface area contributed by atoms with Crippen molar-refractivity contribution in [1.29, 1.82) is 0 Å². The van der Waals surface area contributed by atoms with Crippen molar-refractivity contribution in [3.8, 4) is 16.9 Å². The molecule has 9 heteroatoms. The number of nitrogen functional groups attached to an aromatic ring is 1. The van der Waals surface area contributed by atoms with Crippen LogP contribution in [0.3, 0.4) is 0 Å². The van der Waals surface area contributed by atoms with E-state index in [-0.39, 0.29) is 31.3 Å². The van der Waals surface area contributed by atoms with E-state index in [2.05, 4.69) is 4.74 Å². The summed E-state index contributed by atoms with van der Waals surface area (Å²) >= 11 is 0. The smallest absolute Gasteiger partial charge is 0.466 e. The second-order valence-electron chi connectivity index (χ2n) is 5.59. The first-order chi connectivity index (χ1) is 12.7. The number of alkyl halides is 3. The molecule has 27 heavy (non-hydrogen) atoms. The molecule has 2 aromatic carbocycles. The fourth-order valence-electron chi connectivity index (χ4n) is 2.39. The highest BCUT2D eigenvalue weighted by Crippen LogP contribution is 2.31. The van der Waals surface area contributed by atoms with Crippen molar-refractivity contribution in [2.24, 2.45) is 5.84 Å². The van der Waals surface area contributed by atoms with Gasteiger partial charge in [0.1, 0.15) is 5.75 Å². The van der Waals surface area contributed by atoms with Gasteiger partial charge in [-0.25, -0.2) is 5.84 Å². The van der Waals surface area contributed by atoms with E-state index in [1.54, 1.807) is 25.1 Å². The Hall–Kier alpha value is -2.94. The lowest BCUT2D eigenvalue weighted by Gasteiger charge is -2.21. The number of rotatable bonds is 7. The molecular weight excluding hydrogens is 363 g/mol. The SMILES string of the molecule is CCOC(=O)CCN(N)c1cc(-c2ccc(OC(F)(F)F)cc2)ccc1N. The van der Waals surface area contributed by atoms with Crippen LogP contribution in [0.1, 0.15) is 13.3 Å². The van der Waals surface area contributed by atoms with Gasteiger partial charge in [-0.05, 0) is 42.3 Å². The average molecular weight is 383 g/mol. The van der Waals surface area contributed by atoms with Crippen LogP contribution in [0.2, 0.25) is 0 Å². The molecule has 0 fully saturated rings. The lowest BCUT2D eigenvalue weighted by atomic mass is 10.0. The van der Waals surface area contributed by atoms with Crippen LogP contribution in [-0.4, -0.2) is 25.5 Å². The van der Waals surface area contributed by atoms with Crippen LogP contribution in [0.4, 0.5) is 24.5 Å². The van der Waals surface area contributed by atoms with Gasteiger partial charge in [-0.2, -0.15) is 0 Å². The van der Waals surface area contributed by atoms with Crippen LogP contribution in [0.5, 0.6) is 5.75 Å². The molecule has 0 saturated heterocycles. The number of nitrogens with two attached hydrogens (primary N) is 2. The molecule has 0 bridgehead atoms. The summed E-state index contributed by atoms with van der Waals surface area (Å²) in [7, 11) is 0. The molecule has 0 aliphatic carbocycles. The van der Waals surface area contributed by atoms with Crippen molar-refractivity contribution in [3.05, 3.63) is 42.5 Å². The number of anilines is 2. The fourth-order valence-corrected chi connectivity index (χ4v) is 2.39. The first-order valence-electron chi connectivity index (χ1n) is 8.13. The van der Waals surface area contributed by atoms with Crippen molar-refractivity contribution in [2.45, 2.75) is 19.7 Å². The van der Waals surface area contributed by atoms with Crippen LogP contribution in [-0.2, 0) is 9.53 Å². The van der Waals surface area contributed by atoms with Gasteiger partial charge in [-0.1, -0.05) is 18.2 Å². The Kier molecular flexibility index (Phi) is 6.51. The number of hydrogen-bond acceptors (Lipinski definition) is 6. The maximum Gasteiger partial charge on any atom is 0.573 e. The lowest BCUT2D eigenvalue weighted by molar-refractivity contribution is -0.274. The summed E-state index contributed by atoms with van der Waals surface area (Å²) in [5.41, 5.74) is 8.20. The van der Waals surface area contributed by atoms with E-state index in [0.29, 0.717) is 22.5 Å². The minimum atomic E-state index is -4.74. The predicted molar refractivity (Wildman–Crippen MR) is 95.8 cm³/mol. The quantitative estimate of drug-likeness (QED) is 0.329. The van der Waals surface area contributed by atoms with E-state index in [4.69, 9.17) is 16.3 Å². The molecule has 4 N–H and O–H groups in total. The van der Waals surface area contributed by atoms with Gasteiger partial charge in [0.15, 0.2) is 0 Å². The fraction of sp³-hybridized carbons (Fsp3) is 0.278. The number of hydrazine groups is 1. The number of benzene rings is 2. The first kappa shape index (κ1) is 20.4. The zero-order valence-electron chi connectivity index (χ0n) is 14.6. The largest absolute Gasteiger partial charge is 0.573 e. The zero-order chi connectivity index (χ0) is 20.0. The van der Waals surface area contributed by atoms with E-state index >= 15 is 0 Å². The normalized spacial score (nSPS) is 11.1. The van der Waals surface area contributed by atoms with E-state index in [1.165, 1.54) is 29.3 Å². The standard InChI is InChI=1S/C18H20F3N3O3/c1-2-26-17(25)9-10-24(23)16-11-13(5-8-15(16)22)12-3-6-14(7-4-12)27-18(19,20)21/h3-8,11H,2,9-10,22-23H2,1H3. The monoisotopic (exact) mass is 383 g/mol. The molecule has 0 amide bonds. The van der Waals surface area contributed by atoms with Gasteiger partial charge in [0.2, 0.25) is 0 Å². The Morgan fingerprint density at radius 3 is 2.33 bits per heavy atom. The van der Waals surface area contributed by atoms with Crippen LogP contribution in [0, 0.1) is 0 Å². The molecule has 0 spiro atoms. The molecule has 0 aliphatic rings. The Balaban J connectivity index is 2.15. The third-order valence-corrected chi connectivity index (χ3v) is 3.62. The predicted octanol–water partition coefficient (Wildman–Crippen LogP) is 3.47. The minimum absolute atomic E-state index is 0.0947. The highest BCUT2D eigenvalue weighted by Gasteiger charge is 2.30. The Morgan fingerprint density at radius 1 is 1.11 bits per heavy atom. The summed E-state index contributed by atoms with van der Waals surface area (Å²) in [6, 6.07) is 10.5. The van der Waals surface area contributed by atoms with Crippen molar-refractivity contribution in [3.63, 3.8) is 0 Å². The van der Waals surface area contributed by atoms with Crippen molar-refractivity contribution in [1.82, 2.24) is 0 Å². The van der Waals surface area contributed by atoms with Gasteiger partial charge in [-0.15, -0.1) is 13.2 Å². The number of halogens is 3. The van der Waals surface area contributed by atoms with Crippen LogP contribution in [0.25, 0.3) is 11.1 Å². The number of carbonyl (C=O) groups is 1. The lowest BCUT2D eigenvalue weighted by Crippen LogP contribution is -2.34.